The van der Waals surface area contributed by atoms with Gasteiger partial charge in [0.15, 0.2) is 0 Å². The summed E-state index contributed by atoms with van der Waals surface area (Å²) in [6.45, 7) is 5.33. The maximum atomic E-state index is 13.3. The number of rotatable bonds is 6. The first-order chi connectivity index (χ1) is 14.2. The summed E-state index contributed by atoms with van der Waals surface area (Å²) < 4.78 is 17.3. The molecule has 1 aromatic heterocycles. The summed E-state index contributed by atoms with van der Waals surface area (Å²) in [6, 6.07) is 3.81. The number of nitrogens with one attached hydrogen (secondary N) is 1. The number of pyridine rings is 1. The van der Waals surface area contributed by atoms with E-state index in [0.717, 1.165) is 64.2 Å². The molecule has 2 atom stereocenters. The Morgan fingerprint density at radius 1 is 1.31 bits per heavy atom. The lowest BCUT2D eigenvalue weighted by molar-refractivity contribution is -0.00516. The highest BCUT2D eigenvalue weighted by Gasteiger charge is 2.51. The van der Waals surface area contributed by atoms with Gasteiger partial charge in [0.1, 0.15) is 5.60 Å². The first-order valence-corrected chi connectivity index (χ1v) is 10.9. The first kappa shape index (κ1) is 19.3. The molecule has 4 heterocycles. The fourth-order valence-corrected chi connectivity index (χ4v) is 4.93. The Balaban J connectivity index is 1.32. The van der Waals surface area contributed by atoms with E-state index in [1.807, 2.05) is 17.0 Å². The Kier molecular flexibility index (Phi) is 5.22. The second-order valence-corrected chi connectivity index (χ2v) is 9.04. The van der Waals surface area contributed by atoms with E-state index in [0.29, 0.717) is 42.3 Å². The Hall–Kier alpha value is -1.70. The van der Waals surface area contributed by atoms with Crippen LogP contribution in [-0.2, 0) is 9.47 Å². The lowest BCUT2D eigenvalue weighted by Crippen LogP contribution is -2.42. The van der Waals surface area contributed by atoms with Gasteiger partial charge in [0.05, 0.1) is 13.2 Å². The van der Waals surface area contributed by atoms with E-state index in [4.69, 9.17) is 19.2 Å². The number of likely N-dealkylation sites (tertiary alicyclic amines) is 1. The SMILES string of the molecule is COC12CNCC1CN(C(=O)c1cc(OCC3CCOCC3)nc(C3CC3)c1)C2. The van der Waals surface area contributed by atoms with Crippen molar-refractivity contribution < 1.29 is 19.0 Å². The standard InChI is InChI=1S/C22H31N3O4/c1-27-22-13-23-10-18(22)11-25(14-22)21(26)17-8-19(16-2-3-16)24-20(9-17)29-12-15-4-6-28-7-5-15/h8-9,15-16,18,23H,2-7,10-14H2,1H3. The third-order valence-electron chi connectivity index (χ3n) is 7.02. The zero-order chi connectivity index (χ0) is 19.8. The molecule has 2 unspecified atom stereocenters. The second-order valence-electron chi connectivity index (χ2n) is 9.04. The minimum Gasteiger partial charge on any atom is -0.477 e. The molecule has 1 N–H and O–H groups in total. The van der Waals surface area contributed by atoms with Crippen LogP contribution in [0.25, 0.3) is 0 Å². The predicted octanol–water partition coefficient (Wildman–Crippen LogP) is 1.82. The monoisotopic (exact) mass is 401 g/mol. The molecule has 1 saturated carbocycles. The molecule has 158 valence electrons. The number of hydrogen-bond acceptors (Lipinski definition) is 6. The number of nitrogens with zero attached hydrogens (tertiary/aromatic N) is 2. The number of fused-ring (bicyclic) bond motifs is 1. The van der Waals surface area contributed by atoms with E-state index < -0.39 is 0 Å². The highest BCUT2D eigenvalue weighted by atomic mass is 16.5. The summed E-state index contributed by atoms with van der Waals surface area (Å²) in [4.78, 5) is 20.0. The molecule has 3 aliphatic heterocycles. The van der Waals surface area contributed by atoms with E-state index in [1.54, 1.807) is 7.11 Å². The van der Waals surface area contributed by atoms with Gasteiger partial charge in [-0.3, -0.25) is 4.79 Å². The van der Waals surface area contributed by atoms with Crippen LogP contribution in [0.1, 0.15) is 47.7 Å². The molecular formula is C22H31N3O4. The van der Waals surface area contributed by atoms with Gasteiger partial charge in [0.2, 0.25) is 5.88 Å². The van der Waals surface area contributed by atoms with E-state index >= 15 is 0 Å². The summed E-state index contributed by atoms with van der Waals surface area (Å²) in [5, 5.41) is 3.40. The van der Waals surface area contributed by atoms with Crippen molar-refractivity contribution >= 4 is 5.91 Å². The molecule has 0 radical (unpaired) electrons. The van der Waals surface area contributed by atoms with Gasteiger partial charge >= 0.3 is 0 Å². The normalized spacial score (nSPS) is 29.8. The van der Waals surface area contributed by atoms with Crippen molar-refractivity contribution in [3.05, 3.63) is 23.4 Å². The van der Waals surface area contributed by atoms with Crippen LogP contribution in [0.4, 0.5) is 0 Å². The highest BCUT2D eigenvalue weighted by molar-refractivity contribution is 5.95. The lowest BCUT2D eigenvalue weighted by atomic mass is 9.95. The van der Waals surface area contributed by atoms with Gasteiger partial charge in [-0.1, -0.05) is 0 Å². The third kappa shape index (κ3) is 3.88. The van der Waals surface area contributed by atoms with Crippen molar-refractivity contribution in [1.82, 2.24) is 15.2 Å². The van der Waals surface area contributed by atoms with Gasteiger partial charge in [-0.05, 0) is 37.7 Å². The first-order valence-electron chi connectivity index (χ1n) is 10.9. The van der Waals surface area contributed by atoms with Crippen LogP contribution in [-0.4, -0.2) is 74.5 Å². The highest BCUT2D eigenvalue weighted by Crippen LogP contribution is 2.40. The molecule has 1 aliphatic carbocycles. The minimum atomic E-state index is -0.246. The molecule has 0 aromatic carbocycles. The molecule has 0 bridgehead atoms. The van der Waals surface area contributed by atoms with Crippen LogP contribution in [0.3, 0.4) is 0 Å². The van der Waals surface area contributed by atoms with Crippen LogP contribution in [0.2, 0.25) is 0 Å². The van der Waals surface area contributed by atoms with E-state index in [1.165, 1.54) is 0 Å². The number of amides is 1. The second kappa shape index (κ2) is 7.85. The maximum absolute atomic E-state index is 13.3. The van der Waals surface area contributed by atoms with Crippen LogP contribution in [0, 0.1) is 11.8 Å². The molecule has 3 saturated heterocycles. The number of carbonyl (C=O) groups is 1. The predicted molar refractivity (Wildman–Crippen MR) is 107 cm³/mol. The molecule has 29 heavy (non-hydrogen) atoms. The number of methoxy groups -OCH3 is 1. The van der Waals surface area contributed by atoms with Gasteiger partial charge in [-0.25, -0.2) is 4.98 Å². The van der Waals surface area contributed by atoms with Gasteiger partial charge in [0, 0.05) is 69.1 Å². The van der Waals surface area contributed by atoms with Crippen molar-refractivity contribution in [3.63, 3.8) is 0 Å². The van der Waals surface area contributed by atoms with E-state index in [2.05, 4.69) is 5.32 Å². The Labute approximate surface area is 172 Å². The maximum Gasteiger partial charge on any atom is 0.254 e. The summed E-state index contributed by atoms with van der Waals surface area (Å²) in [6.07, 6.45) is 4.34. The van der Waals surface area contributed by atoms with Gasteiger partial charge < -0.3 is 24.4 Å². The molecule has 4 fully saturated rings. The van der Waals surface area contributed by atoms with Gasteiger partial charge in [0.25, 0.3) is 5.91 Å². The average molecular weight is 402 g/mol. The van der Waals surface area contributed by atoms with Crippen LogP contribution < -0.4 is 10.1 Å². The quantitative estimate of drug-likeness (QED) is 0.784. The number of hydrogen-bond donors (Lipinski definition) is 1. The number of carbonyl (C=O) groups excluding carboxylic acids is 1. The smallest absolute Gasteiger partial charge is 0.254 e. The molecule has 7 heteroatoms. The Morgan fingerprint density at radius 2 is 2.14 bits per heavy atom. The van der Waals surface area contributed by atoms with Crippen molar-refractivity contribution in [2.75, 3.05) is 53.1 Å². The Bertz CT molecular complexity index is 762. The van der Waals surface area contributed by atoms with Gasteiger partial charge in [-0.2, -0.15) is 0 Å². The molecule has 1 amide bonds. The molecule has 4 aliphatic rings. The molecule has 1 aromatic rings. The minimum absolute atomic E-state index is 0.0658. The number of aromatic nitrogens is 1. The van der Waals surface area contributed by atoms with Crippen LogP contribution in [0.5, 0.6) is 5.88 Å². The summed E-state index contributed by atoms with van der Waals surface area (Å²) in [5.41, 5.74) is 1.45. The topological polar surface area (TPSA) is 72.9 Å². The summed E-state index contributed by atoms with van der Waals surface area (Å²) in [7, 11) is 1.76. The van der Waals surface area contributed by atoms with Crippen molar-refractivity contribution in [2.24, 2.45) is 11.8 Å². The fourth-order valence-electron chi connectivity index (χ4n) is 4.93. The van der Waals surface area contributed by atoms with Crippen molar-refractivity contribution in [3.8, 4) is 5.88 Å². The Morgan fingerprint density at radius 3 is 2.86 bits per heavy atom. The van der Waals surface area contributed by atoms with Crippen LogP contribution in [0.15, 0.2) is 12.1 Å². The van der Waals surface area contributed by atoms with Gasteiger partial charge in [-0.15, -0.1) is 0 Å². The van der Waals surface area contributed by atoms with E-state index in [-0.39, 0.29) is 11.5 Å². The van der Waals surface area contributed by atoms with Crippen molar-refractivity contribution in [1.29, 1.82) is 0 Å². The lowest BCUT2D eigenvalue weighted by Gasteiger charge is -2.26. The molecule has 0 spiro atoms. The zero-order valence-electron chi connectivity index (χ0n) is 17.2. The average Bonchev–Trinajstić information content (AvgIpc) is 3.44. The fraction of sp³-hybridized carbons (Fsp3) is 0.727. The molecule has 7 nitrogen and oxygen atoms in total. The zero-order valence-corrected chi connectivity index (χ0v) is 17.2. The molecular weight excluding hydrogens is 370 g/mol. The largest absolute Gasteiger partial charge is 0.477 e. The summed E-state index contributed by atoms with van der Waals surface area (Å²) in [5.74, 6) is 1.98. The van der Waals surface area contributed by atoms with E-state index in [9.17, 15) is 4.79 Å². The van der Waals surface area contributed by atoms with Crippen molar-refractivity contribution in [2.45, 2.75) is 37.2 Å². The van der Waals surface area contributed by atoms with Crippen LogP contribution >= 0.6 is 0 Å². The number of ether oxygens (including phenoxy) is 3. The molecule has 5 rings (SSSR count). The third-order valence-corrected chi connectivity index (χ3v) is 7.02. The summed E-state index contributed by atoms with van der Waals surface area (Å²) >= 11 is 0.